The minimum Gasteiger partial charge on any atom is -0.396 e. The lowest BCUT2D eigenvalue weighted by atomic mass is 10.1. The summed E-state index contributed by atoms with van der Waals surface area (Å²) in [6.45, 7) is 0.391. The van der Waals surface area contributed by atoms with E-state index >= 15 is 0 Å². The van der Waals surface area contributed by atoms with E-state index in [1.54, 1.807) is 0 Å². The predicted octanol–water partition coefficient (Wildman–Crippen LogP) is 3.39. The van der Waals surface area contributed by atoms with Crippen LogP contribution in [0.1, 0.15) is 11.1 Å². The van der Waals surface area contributed by atoms with Crippen LogP contribution >= 0.6 is 0 Å². The van der Waals surface area contributed by atoms with Crippen molar-refractivity contribution in [3.8, 4) is 0 Å². The van der Waals surface area contributed by atoms with E-state index in [9.17, 15) is 8.42 Å². The lowest BCUT2D eigenvalue weighted by Gasteiger charge is -2.00. The van der Waals surface area contributed by atoms with Crippen LogP contribution in [-0.2, 0) is 27.1 Å². The molecule has 0 aliphatic heterocycles. The first-order chi connectivity index (χ1) is 13.5. The Hall–Kier alpha value is -2.61. The van der Waals surface area contributed by atoms with Crippen molar-refractivity contribution < 1.29 is 17.7 Å². The van der Waals surface area contributed by atoms with Crippen LogP contribution in [0, 0.1) is 0 Å². The van der Waals surface area contributed by atoms with E-state index in [-0.39, 0.29) is 13.2 Å². The standard InChI is InChI=1S/C11H13NO3S.C10H11NO/c1-16(13,14)15-7-6-9-8-12-11-5-3-2-4-10(9)11;12-6-5-8-7-11-10-4-2-1-3-9(8)10/h2-5,8,12H,6-7H2,1H3;1-4,7,11-12H,5-6H2. The average molecular weight is 401 g/mol. The van der Waals surface area contributed by atoms with E-state index in [2.05, 4.69) is 16.0 Å². The Kier molecular flexibility index (Phi) is 6.51. The van der Waals surface area contributed by atoms with Gasteiger partial charge in [0, 0.05) is 40.8 Å². The van der Waals surface area contributed by atoms with Crippen LogP contribution < -0.4 is 0 Å². The van der Waals surface area contributed by atoms with Crippen LogP contribution in [0.4, 0.5) is 0 Å². The summed E-state index contributed by atoms with van der Waals surface area (Å²) in [5, 5.41) is 11.1. The van der Waals surface area contributed by atoms with Crippen molar-refractivity contribution in [2.24, 2.45) is 0 Å². The van der Waals surface area contributed by atoms with Gasteiger partial charge in [0.25, 0.3) is 10.1 Å². The maximum atomic E-state index is 10.8. The van der Waals surface area contributed by atoms with Gasteiger partial charge in [-0.25, -0.2) is 0 Å². The highest BCUT2D eigenvalue weighted by Gasteiger charge is 2.05. The Morgan fingerprint density at radius 3 is 1.86 bits per heavy atom. The summed E-state index contributed by atoms with van der Waals surface area (Å²) >= 11 is 0. The molecule has 0 unspecified atom stereocenters. The van der Waals surface area contributed by atoms with Gasteiger partial charge in [-0.15, -0.1) is 0 Å². The smallest absolute Gasteiger partial charge is 0.264 e. The molecule has 28 heavy (non-hydrogen) atoms. The van der Waals surface area contributed by atoms with Crippen molar-refractivity contribution in [3.05, 3.63) is 72.1 Å². The Balaban J connectivity index is 0.000000167. The highest BCUT2D eigenvalue weighted by atomic mass is 32.2. The molecule has 4 rings (SSSR count). The minimum absolute atomic E-state index is 0.181. The summed E-state index contributed by atoms with van der Waals surface area (Å²) in [7, 11) is -3.34. The van der Waals surface area contributed by atoms with E-state index in [1.807, 2.05) is 54.9 Å². The molecule has 0 atom stereocenters. The molecule has 0 aliphatic rings. The van der Waals surface area contributed by atoms with Gasteiger partial charge >= 0.3 is 0 Å². The first-order valence-electron chi connectivity index (χ1n) is 9.03. The van der Waals surface area contributed by atoms with Gasteiger partial charge in [-0.2, -0.15) is 8.42 Å². The quantitative estimate of drug-likeness (QED) is 0.432. The van der Waals surface area contributed by atoms with Crippen LogP contribution in [0.5, 0.6) is 0 Å². The first kappa shape index (κ1) is 20.1. The molecule has 6 nitrogen and oxygen atoms in total. The van der Waals surface area contributed by atoms with Gasteiger partial charge in [0.15, 0.2) is 0 Å². The molecule has 0 saturated carbocycles. The van der Waals surface area contributed by atoms with E-state index in [4.69, 9.17) is 9.29 Å². The average Bonchev–Trinajstić information content (AvgIpc) is 3.27. The van der Waals surface area contributed by atoms with Crippen molar-refractivity contribution in [1.29, 1.82) is 0 Å². The predicted molar refractivity (Wildman–Crippen MR) is 112 cm³/mol. The van der Waals surface area contributed by atoms with Crippen molar-refractivity contribution >= 4 is 31.9 Å². The molecule has 0 spiro atoms. The summed E-state index contributed by atoms with van der Waals surface area (Å²) in [4.78, 5) is 6.29. The third kappa shape index (κ3) is 5.22. The molecule has 148 valence electrons. The number of hydrogen-bond acceptors (Lipinski definition) is 4. The number of benzene rings is 2. The normalized spacial score (nSPS) is 11.5. The maximum Gasteiger partial charge on any atom is 0.264 e. The van der Waals surface area contributed by atoms with E-state index in [1.165, 1.54) is 10.9 Å². The number of aromatic amines is 2. The zero-order valence-corrected chi connectivity index (χ0v) is 16.5. The molecule has 0 radical (unpaired) electrons. The summed E-state index contributed by atoms with van der Waals surface area (Å²) < 4.78 is 26.3. The SMILES string of the molecule is CS(=O)(=O)OCCc1c[nH]c2ccccc12.OCCc1c[nH]c2ccccc12. The second kappa shape index (κ2) is 9.05. The van der Waals surface area contributed by atoms with Crippen LogP contribution in [0.25, 0.3) is 21.8 Å². The fraction of sp³-hybridized carbons (Fsp3) is 0.238. The molecule has 0 amide bonds. The molecule has 0 bridgehead atoms. The van der Waals surface area contributed by atoms with Crippen LogP contribution in [0.15, 0.2) is 60.9 Å². The van der Waals surface area contributed by atoms with Gasteiger partial charge in [0.1, 0.15) is 0 Å². The van der Waals surface area contributed by atoms with Crippen LogP contribution in [0.3, 0.4) is 0 Å². The molecule has 3 N–H and O–H groups in total. The van der Waals surface area contributed by atoms with Gasteiger partial charge in [-0.1, -0.05) is 36.4 Å². The number of hydrogen-bond donors (Lipinski definition) is 3. The Labute approximate surface area is 164 Å². The zero-order chi connectivity index (χ0) is 20.0. The Morgan fingerprint density at radius 2 is 1.36 bits per heavy atom. The highest BCUT2D eigenvalue weighted by Crippen LogP contribution is 2.18. The molecule has 2 aromatic heterocycles. The van der Waals surface area contributed by atoms with Gasteiger partial charge in [0.2, 0.25) is 0 Å². The third-order valence-electron chi connectivity index (χ3n) is 4.40. The number of aliphatic hydroxyl groups is 1. The second-order valence-electron chi connectivity index (χ2n) is 6.47. The first-order valence-corrected chi connectivity index (χ1v) is 10.8. The molecule has 2 aromatic carbocycles. The highest BCUT2D eigenvalue weighted by molar-refractivity contribution is 7.85. The fourth-order valence-corrected chi connectivity index (χ4v) is 3.49. The molecule has 2 heterocycles. The second-order valence-corrected chi connectivity index (χ2v) is 8.11. The Morgan fingerprint density at radius 1 is 0.857 bits per heavy atom. The largest absolute Gasteiger partial charge is 0.396 e. The van der Waals surface area contributed by atoms with E-state index in [0.29, 0.717) is 6.42 Å². The molecule has 0 fully saturated rings. The van der Waals surface area contributed by atoms with Gasteiger partial charge in [-0.3, -0.25) is 4.18 Å². The van der Waals surface area contributed by atoms with E-state index in [0.717, 1.165) is 34.7 Å². The summed E-state index contributed by atoms with van der Waals surface area (Å²) in [6, 6.07) is 16.0. The van der Waals surface area contributed by atoms with E-state index < -0.39 is 10.1 Å². The maximum absolute atomic E-state index is 10.8. The summed E-state index contributed by atoms with van der Waals surface area (Å²) in [5.74, 6) is 0. The molecule has 0 saturated heterocycles. The van der Waals surface area contributed by atoms with Gasteiger partial charge in [0.05, 0.1) is 12.9 Å². The lowest BCUT2D eigenvalue weighted by molar-refractivity contribution is 0.300. The number of nitrogens with one attached hydrogen (secondary N) is 2. The molecule has 7 heteroatoms. The summed E-state index contributed by atoms with van der Waals surface area (Å²) in [6.07, 6.45) is 6.21. The number of aliphatic hydroxyl groups excluding tert-OH is 1. The topological polar surface area (TPSA) is 95.2 Å². The number of aromatic nitrogens is 2. The van der Waals surface area contributed by atoms with Crippen molar-refractivity contribution in [2.75, 3.05) is 19.5 Å². The lowest BCUT2D eigenvalue weighted by Crippen LogP contribution is -2.05. The molecular weight excluding hydrogens is 376 g/mol. The van der Waals surface area contributed by atoms with Crippen LogP contribution in [-0.4, -0.2) is 43.0 Å². The number of H-pyrrole nitrogens is 2. The zero-order valence-electron chi connectivity index (χ0n) is 15.7. The van der Waals surface area contributed by atoms with Gasteiger partial charge in [-0.05, 0) is 36.1 Å². The number of rotatable bonds is 6. The summed E-state index contributed by atoms with van der Waals surface area (Å²) in [5.41, 5.74) is 4.45. The van der Waals surface area contributed by atoms with Crippen molar-refractivity contribution in [1.82, 2.24) is 9.97 Å². The fourth-order valence-electron chi connectivity index (χ4n) is 3.10. The molecule has 4 aromatic rings. The monoisotopic (exact) mass is 400 g/mol. The minimum atomic E-state index is -3.34. The molecular formula is C21H24N2O4S. The number of para-hydroxylation sites is 2. The van der Waals surface area contributed by atoms with Crippen molar-refractivity contribution in [3.63, 3.8) is 0 Å². The van der Waals surface area contributed by atoms with Gasteiger partial charge < -0.3 is 15.1 Å². The molecule has 0 aliphatic carbocycles. The van der Waals surface area contributed by atoms with Crippen LogP contribution in [0.2, 0.25) is 0 Å². The Bertz CT molecular complexity index is 1150. The van der Waals surface area contributed by atoms with Crippen molar-refractivity contribution in [2.45, 2.75) is 12.8 Å². The number of fused-ring (bicyclic) bond motifs is 2. The third-order valence-corrected chi connectivity index (χ3v) is 4.99.